The van der Waals surface area contributed by atoms with Crippen LogP contribution in [0.4, 0.5) is 0 Å². The number of aliphatic hydroxyl groups is 1. The molecule has 7 heteroatoms. The van der Waals surface area contributed by atoms with Crippen LogP contribution in [0.3, 0.4) is 0 Å². The summed E-state index contributed by atoms with van der Waals surface area (Å²) in [5.74, 6) is 0.799. The fourth-order valence-electron chi connectivity index (χ4n) is 2.27. The average molecular weight is 538 g/mol. The molecule has 2 aromatic rings. The Morgan fingerprint density at radius 1 is 1.20 bits per heavy atom. The van der Waals surface area contributed by atoms with E-state index in [0.717, 1.165) is 34.8 Å². The van der Waals surface area contributed by atoms with Crippen molar-refractivity contribution in [3.05, 3.63) is 56.7 Å². The highest BCUT2D eigenvalue weighted by atomic mass is 127. The fraction of sp³-hybridized carbons (Fsp3) is 0.389. The second kappa shape index (κ2) is 12.7. The van der Waals surface area contributed by atoms with Gasteiger partial charge in [0.05, 0.1) is 9.89 Å². The quantitative estimate of drug-likeness (QED) is 0.266. The topological polar surface area (TPSA) is 56.7 Å². The first-order valence-electron chi connectivity index (χ1n) is 8.18. The van der Waals surface area contributed by atoms with Crippen LogP contribution in [-0.4, -0.2) is 30.7 Å². The summed E-state index contributed by atoms with van der Waals surface area (Å²) in [5, 5.41) is 16.8. The van der Waals surface area contributed by atoms with Gasteiger partial charge in [-0.05, 0) is 53.4 Å². The van der Waals surface area contributed by atoms with Gasteiger partial charge in [0.25, 0.3) is 0 Å². The molecule has 1 unspecified atom stereocenters. The summed E-state index contributed by atoms with van der Waals surface area (Å²) in [6, 6.07) is 13.9. The van der Waals surface area contributed by atoms with Gasteiger partial charge in [0.2, 0.25) is 0 Å². The molecule has 25 heavy (non-hydrogen) atoms. The van der Waals surface area contributed by atoms with Crippen molar-refractivity contribution in [3.63, 3.8) is 0 Å². The summed E-state index contributed by atoms with van der Waals surface area (Å²) in [6.07, 6.45) is 1.10. The lowest BCUT2D eigenvalue weighted by Gasteiger charge is -2.12. The molecular formula is C18H25BrIN3OS. The molecule has 0 bridgehead atoms. The molecule has 0 saturated carbocycles. The zero-order valence-corrected chi connectivity index (χ0v) is 19.0. The van der Waals surface area contributed by atoms with Gasteiger partial charge >= 0.3 is 0 Å². The Kier molecular flexibility index (Phi) is 11.4. The normalized spacial score (nSPS) is 12.4. The summed E-state index contributed by atoms with van der Waals surface area (Å²) in [5.41, 5.74) is 0.939. The Balaban J connectivity index is 0.00000312. The standard InChI is InChI=1S/C18H24BrN3OS.HI/c1-2-20-18(21-12-10-15-8-9-17(19)24-15)22-13-11-16(23)14-6-4-3-5-7-14;/h3-9,16,23H,2,10-13H2,1H3,(H2,20,21,22);1H. The van der Waals surface area contributed by atoms with Gasteiger partial charge < -0.3 is 15.7 Å². The Labute approximate surface area is 179 Å². The molecule has 2 rings (SSSR count). The van der Waals surface area contributed by atoms with Crippen molar-refractivity contribution in [2.45, 2.75) is 25.9 Å². The molecule has 0 aliphatic carbocycles. The first kappa shape index (κ1) is 22.4. The number of aliphatic imine (C=N–C) groups is 1. The van der Waals surface area contributed by atoms with Crippen LogP contribution in [0.2, 0.25) is 0 Å². The molecule has 0 spiro atoms. The molecule has 1 heterocycles. The molecule has 138 valence electrons. The maximum atomic E-state index is 10.2. The van der Waals surface area contributed by atoms with Gasteiger partial charge in [-0.25, -0.2) is 0 Å². The zero-order chi connectivity index (χ0) is 17.2. The highest BCUT2D eigenvalue weighted by Gasteiger charge is 2.06. The second-order valence-corrected chi connectivity index (χ2v) is 7.91. The third kappa shape index (κ3) is 8.52. The predicted molar refractivity (Wildman–Crippen MR) is 121 cm³/mol. The van der Waals surface area contributed by atoms with Gasteiger partial charge in [-0.15, -0.1) is 35.3 Å². The monoisotopic (exact) mass is 537 g/mol. The SMILES string of the molecule is CCNC(=NCCC(O)c1ccccc1)NCCc1ccc(Br)s1.I. The molecular weight excluding hydrogens is 513 g/mol. The molecule has 1 aromatic heterocycles. The van der Waals surface area contributed by atoms with Gasteiger partial charge in [-0.2, -0.15) is 0 Å². The number of thiophene rings is 1. The fourth-order valence-corrected chi connectivity index (χ4v) is 3.76. The largest absolute Gasteiger partial charge is 0.388 e. The minimum absolute atomic E-state index is 0. The van der Waals surface area contributed by atoms with Crippen LogP contribution >= 0.6 is 51.2 Å². The first-order valence-corrected chi connectivity index (χ1v) is 9.79. The number of nitrogens with zero attached hydrogens (tertiary/aromatic N) is 1. The number of hydrogen-bond acceptors (Lipinski definition) is 3. The van der Waals surface area contributed by atoms with Gasteiger partial charge in [0.15, 0.2) is 5.96 Å². The second-order valence-electron chi connectivity index (χ2n) is 5.36. The predicted octanol–water partition coefficient (Wildman–Crippen LogP) is 4.35. The van der Waals surface area contributed by atoms with Crippen LogP contribution in [0.25, 0.3) is 0 Å². The van der Waals surface area contributed by atoms with E-state index in [9.17, 15) is 5.11 Å². The molecule has 1 atom stereocenters. The number of nitrogens with one attached hydrogen (secondary N) is 2. The molecule has 0 saturated heterocycles. The minimum atomic E-state index is -0.471. The molecule has 4 nitrogen and oxygen atoms in total. The number of aliphatic hydroxyl groups excluding tert-OH is 1. The molecule has 0 aliphatic rings. The lowest BCUT2D eigenvalue weighted by atomic mass is 10.1. The van der Waals surface area contributed by atoms with Gasteiger partial charge in [0, 0.05) is 24.5 Å². The van der Waals surface area contributed by atoms with Crippen molar-refractivity contribution in [2.75, 3.05) is 19.6 Å². The summed E-state index contributed by atoms with van der Waals surface area (Å²) in [7, 11) is 0. The number of halogens is 2. The third-order valence-corrected chi connectivity index (χ3v) is 5.18. The number of hydrogen-bond donors (Lipinski definition) is 3. The van der Waals surface area contributed by atoms with E-state index in [-0.39, 0.29) is 24.0 Å². The van der Waals surface area contributed by atoms with Crippen molar-refractivity contribution >= 4 is 57.2 Å². The molecule has 0 radical (unpaired) electrons. The zero-order valence-electron chi connectivity index (χ0n) is 14.2. The van der Waals surface area contributed by atoms with Crippen molar-refractivity contribution in [1.29, 1.82) is 0 Å². The molecule has 1 aromatic carbocycles. The van der Waals surface area contributed by atoms with Crippen LogP contribution in [0.1, 0.15) is 29.9 Å². The lowest BCUT2D eigenvalue weighted by molar-refractivity contribution is 0.170. The lowest BCUT2D eigenvalue weighted by Crippen LogP contribution is -2.38. The summed E-state index contributed by atoms with van der Waals surface area (Å²) in [6.45, 7) is 4.28. The summed E-state index contributed by atoms with van der Waals surface area (Å²) in [4.78, 5) is 5.88. The van der Waals surface area contributed by atoms with E-state index in [2.05, 4.69) is 43.7 Å². The van der Waals surface area contributed by atoms with E-state index in [0.29, 0.717) is 13.0 Å². The first-order chi connectivity index (χ1) is 11.7. The summed E-state index contributed by atoms with van der Waals surface area (Å²) < 4.78 is 1.16. The molecule has 0 fully saturated rings. The van der Waals surface area contributed by atoms with Crippen molar-refractivity contribution in [3.8, 4) is 0 Å². The Bertz CT molecular complexity index is 636. The maximum Gasteiger partial charge on any atom is 0.191 e. The average Bonchev–Trinajstić information content (AvgIpc) is 3.01. The number of benzene rings is 1. The molecule has 3 N–H and O–H groups in total. The Hall–Kier alpha value is -0.640. The van der Waals surface area contributed by atoms with Crippen LogP contribution in [0.15, 0.2) is 51.2 Å². The highest BCUT2D eigenvalue weighted by molar-refractivity contribution is 14.0. The van der Waals surface area contributed by atoms with Crippen molar-refractivity contribution in [2.24, 2.45) is 4.99 Å². The number of guanidine groups is 1. The number of rotatable bonds is 8. The van der Waals surface area contributed by atoms with Crippen LogP contribution in [0.5, 0.6) is 0 Å². The van der Waals surface area contributed by atoms with E-state index in [1.807, 2.05) is 37.3 Å². The maximum absolute atomic E-state index is 10.2. The molecule has 0 amide bonds. The Morgan fingerprint density at radius 3 is 2.60 bits per heavy atom. The summed E-state index contributed by atoms with van der Waals surface area (Å²) >= 11 is 5.24. The van der Waals surface area contributed by atoms with Gasteiger partial charge in [-0.3, -0.25) is 4.99 Å². The molecule has 0 aliphatic heterocycles. The van der Waals surface area contributed by atoms with Crippen LogP contribution < -0.4 is 10.6 Å². The minimum Gasteiger partial charge on any atom is -0.388 e. The highest BCUT2D eigenvalue weighted by Crippen LogP contribution is 2.22. The van der Waals surface area contributed by atoms with E-state index >= 15 is 0 Å². The van der Waals surface area contributed by atoms with Gasteiger partial charge in [0.1, 0.15) is 0 Å². The van der Waals surface area contributed by atoms with E-state index < -0.39 is 6.10 Å². The van der Waals surface area contributed by atoms with E-state index in [1.54, 1.807) is 11.3 Å². The van der Waals surface area contributed by atoms with E-state index in [4.69, 9.17) is 0 Å². The smallest absolute Gasteiger partial charge is 0.191 e. The van der Waals surface area contributed by atoms with Crippen molar-refractivity contribution in [1.82, 2.24) is 10.6 Å². The van der Waals surface area contributed by atoms with Crippen LogP contribution in [0, 0.1) is 0 Å². The van der Waals surface area contributed by atoms with E-state index in [1.165, 1.54) is 4.88 Å². The Morgan fingerprint density at radius 2 is 1.96 bits per heavy atom. The van der Waals surface area contributed by atoms with Gasteiger partial charge in [-0.1, -0.05) is 30.3 Å². The third-order valence-electron chi connectivity index (χ3n) is 3.49. The van der Waals surface area contributed by atoms with Crippen molar-refractivity contribution < 1.29 is 5.11 Å². The van der Waals surface area contributed by atoms with Crippen LogP contribution in [-0.2, 0) is 6.42 Å².